The van der Waals surface area contributed by atoms with Crippen LogP contribution in [0.25, 0.3) is 0 Å². The molecule has 0 unspecified atom stereocenters. The molecule has 1 aliphatic heterocycles. The predicted octanol–water partition coefficient (Wildman–Crippen LogP) is 1.97. The quantitative estimate of drug-likeness (QED) is 0.866. The van der Waals surface area contributed by atoms with Crippen LogP contribution in [-0.2, 0) is 9.53 Å². The van der Waals surface area contributed by atoms with E-state index < -0.39 is 12.2 Å². The van der Waals surface area contributed by atoms with Crippen molar-refractivity contribution in [3.8, 4) is 0 Å². The molecule has 1 heterocycles. The number of amides is 2. The Labute approximate surface area is 149 Å². The van der Waals surface area contributed by atoms with Crippen molar-refractivity contribution in [1.82, 2.24) is 10.6 Å². The van der Waals surface area contributed by atoms with E-state index in [9.17, 15) is 9.59 Å². The van der Waals surface area contributed by atoms with Gasteiger partial charge < -0.3 is 15.4 Å². The number of ether oxygens (including phenoxy) is 1. The Balaban J connectivity index is 1.23. The molecule has 0 bridgehead atoms. The van der Waals surface area contributed by atoms with E-state index in [-0.39, 0.29) is 23.9 Å². The van der Waals surface area contributed by atoms with E-state index in [1.165, 1.54) is 0 Å². The van der Waals surface area contributed by atoms with Gasteiger partial charge >= 0.3 is 6.09 Å². The second kappa shape index (κ2) is 3.83. The summed E-state index contributed by atoms with van der Waals surface area (Å²) in [6.07, 6.45) is -1.24. The second-order valence-electron chi connectivity index (χ2n) is 8.65. The molecule has 7 aliphatic rings. The minimum Gasteiger partial charge on any atom is -0.434 e. The van der Waals surface area contributed by atoms with Crippen LogP contribution in [0, 0.1) is 46.8 Å². The van der Waals surface area contributed by atoms with Crippen LogP contribution in [0.15, 0.2) is 24.3 Å². The smallest absolute Gasteiger partial charge is 0.408 e. The fourth-order valence-corrected chi connectivity index (χ4v) is 8.15. The van der Waals surface area contributed by atoms with Gasteiger partial charge in [-0.2, -0.15) is 0 Å². The van der Waals surface area contributed by atoms with Crippen LogP contribution in [0.4, 0.5) is 4.79 Å². The molecule has 6 saturated carbocycles. The van der Waals surface area contributed by atoms with Gasteiger partial charge in [-0.15, -0.1) is 0 Å². The lowest BCUT2D eigenvalue weighted by molar-refractivity contribution is -0.620. The fourth-order valence-electron chi connectivity index (χ4n) is 8.02. The monoisotopic (exact) mass is 356 g/mol. The zero-order chi connectivity index (χ0) is 16.7. The summed E-state index contributed by atoms with van der Waals surface area (Å²) in [5.74, 6) is 6.09. The van der Waals surface area contributed by atoms with Gasteiger partial charge in [0.2, 0.25) is 0 Å². The average molecular weight is 357 g/mol. The van der Waals surface area contributed by atoms with Crippen molar-refractivity contribution in [2.75, 3.05) is 6.54 Å². The van der Waals surface area contributed by atoms with Crippen molar-refractivity contribution in [3.63, 3.8) is 0 Å². The normalized spacial score (nSPS) is 52.1. The second-order valence-corrected chi connectivity index (χ2v) is 9.09. The highest BCUT2D eigenvalue weighted by atomic mass is 35.5. The van der Waals surface area contributed by atoms with Crippen LogP contribution < -0.4 is 10.6 Å². The number of cyclic esters (lactones) is 1. The van der Waals surface area contributed by atoms with Gasteiger partial charge in [-0.3, -0.25) is 4.79 Å². The summed E-state index contributed by atoms with van der Waals surface area (Å²) in [7, 11) is 0. The maximum Gasteiger partial charge on any atom is 0.408 e. The number of carbonyl (C=O) groups excluding carboxylic acids is 2. The summed E-state index contributed by atoms with van der Waals surface area (Å²) in [6, 6.07) is 7.88. The van der Waals surface area contributed by atoms with Gasteiger partial charge in [-0.25, -0.2) is 4.79 Å². The topological polar surface area (TPSA) is 67.4 Å². The number of nitrogens with one attached hydrogen (secondary N) is 2. The lowest BCUT2D eigenvalue weighted by Crippen LogP contribution is -3.06. The minimum absolute atomic E-state index is 0.0153. The molecule has 0 spiro atoms. The zero-order valence-corrected chi connectivity index (χ0v) is 14.1. The molecule has 2 atom stereocenters. The molecule has 1 aromatic carbocycles. The van der Waals surface area contributed by atoms with Crippen LogP contribution in [-0.4, -0.2) is 24.6 Å². The first kappa shape index (κ1) is 13.5. The van der Waals surface area contributed by atoms with E-state index in [0.717, 1.165) is 47.0 Å². The summed E-state index contributed by atoms with van der Waals surface area (Å²) in [4.78, 5) is 24.0. The summed E-state index contributed by atoms with van der Waals surface area (Å²) >= 11 is 6.06. The van der Waals surface area contributed by atoms with E-state index in [2.05, 4.69) is 10.6 Å². The largest absolute Gasteiger partial charge is 0.434 e. The Morgan fingerprint density at radius 1 is 1.16 bits per heavy atom. The van der Waals surface area contributed by atoms with Gasteiger partial charge in [-0.1, -0.05) is 23.7 Å². The van der Waals surface area contributed by atoms with Crippen molar-refractivity contribution in [3.05, 3.63) is 34.9 Å². The average Bonchev–Trinajstić information content (AvgIpc) is 3.07. The molecule has 128 valence electrons. The van der Waals surface area contributed by atoms with Crippen molar-refractivity contribution in [2.24, 2.45) is 46.8 Å². The zero-order valence-electron chi connectivity index (χ0n) is 13.3. The summed E-state index contributed by atoms with van der Waals surface area (Å²) in [6.45, 7) is 0.247. The number of halogens is 1. The Hall–Kier alpha value is -1.75. The van der Waals surface area contributed by atoms with Crippen molar-refractivity contribution in [2.45, 2.75) is 12.1 Å². The van der Waals surface area contributed by atoms with Crippen LogP contribution in [0.1, 0.15) is 11.6 Å². The van der Waals surface area contributed by atoms with Gasteiger partial charge in [0, 0.05) is 10.4 Å². The van der Waals surface area contributed by atoms with Gasteiger partial charge in [0.15, 0.2) is 6.10 Å². The lowest BCUT2D eigenvalue weighted by atomic mass is 8.96. The molecule has 1 aromatic rings. The van der Waals surface area contributed by atoms with E-state index >= 15 is 0 Å². The first-order valence-corrected chi connectivity index (χ1v) is 9.52. The Morgan fingerprint density at radius 2 is 1.80 bits per heavy atom. The number of alkyl carbamates (subject to hydrolysis) is 1. The first-order valence-electron chi connectivity index (χ1n) is 9.14. The molecule has 6 aliphatic carbocycles. The van der Waals surface area contributed by atoms with Gasteiger partial charge in [0.25, 0.3) is 5.91 Å². The van der Waals surface area contributed by atoms with Crippen LogP contribution >= 0.6 is 11.6 Å². The standard InChI is InChI=1S/C19H17ClN2O3/c20-7-3-1-6(2-4-7)16(22-17(23)8-5-21-18(24)25-8)19-13-10-9-11(13)15(19)12(9)14(10)19/h1-4,8-16H,5H2,(H,21,24)(H,22,23)/t8-,9?,10?,11?,12?,13?,14?,15?,16+,19?/m0/s1. The number of carbonyl (C=O) groups is 2. The molecule has 25 heavy (non-hydrogen) atoms. The third-order valence-electron chi connectivity index (χ3n) is 8.52. The molecule has 0 aromatic heterocycles. The Morgan fingerprint density at radius 3 is 2.36 bits per heavy atom. The maximum absolute atomic E-state index is 12.7. The highest BCUT2D eigenvalue weighted by molar-refractivity contribution is 6.30. The molecule has 2 N–H and O–H groups in total. The molecule has 5 nitrogen and oxygen atoms in total. The molecule has 7 fully saturated rings. The van der Waals surface area contributed by atoms with Gasteiger partial charge in [0.1, 0.15) is 0 Å². The molecular weight excluding hydrogens is 340 g/mol. The SMILES string of the molecule is O=C1NC[C@@H](C(=O)N[C@H](c2ccc(Cl)cc2)C23C4C5C6C4C2C6C53)O1. The molecule has 2 amide bonds. The Kier molecular flexibility index (Phi) is 2.06. The summed E-state index contributed by atoms with van der Waals surface area (Å²) in [5.41, 5.74) is 1.40. The van der Waals surface area contributed by atoms with Crippen LogP contribution in [0.3, 0.4) is 0 Å². The highest BCUT2D eigenvalue weighted by Crippen LogP contribution is 3.07. The van der Waals surface area contributed by atoms with Crippen LogP contribution in [0.2, 0.25) is 5.02 Å². The van der Waals surface area contributed by atoms with E-state index in [0.29, 0.717) is 5.02 Å². The van der Waals surface area contributed by atoms with E-state index in [4.69, 9.17) is 16.3 Å². The van der Waals surface area contributed by atoms with Gasteiger partial charge in [-0.05, 0) is 59.1 Å². The maximum atomic E-state index is 12.7. The molecule has 8 rings (SSSR count). The van der Waals surface area contributed by atoms with Gasteiger partial charge in [0.05, 0.1) is 12.6 Å². The lowest BCUT2D eigenvalue weighted by Gasteiger charge is -3.08. The van der Waals surface area contributed by atoms with E-state index in [1.807, 2.05) is 24.3 Å². The molecule has 0 radical (unpaired) electrons. The Bertz CT molecular complexity index is 802. The summed E-state index contributed by atoms with van der Waals surface area (Å²) < 4.78 is 5.08. The molecule has 1 saturated heterocycles. The number of hydrogen-bond acceptors (Lipinski definition) is 3. The van der Waals surface area contributed by atoms with Crippen molar-refractivity contribution < 1.29 is 14.3 Å². The minimum atomic E-state index is -0.727. The molecule has 6 heteroatoms. The number of hydrogen-bond donors (Lipinski definition) is 2. The highest BCUT2D eigenvalue weighted by Gasteiger charge is 3.05. The third kappa shape index (κ3) is 1.15. The summed E-state index contributed by atoms with van der Waals surface area (Å²) in [5, 5.41) is 6.52. The third-order valence-corrected chi connectivity index (χ3v) is 8.77. The predicted molar refractivity (Wildman–Crippen MR) is 87.5 cm³/mol. The number of rotatable bonds is 4. The van der Waals surface area contributed by atoms with E-state index in [1.54, 1.807) is 0 Å². The number of benzene rings is 1. The fraction of sp³-hybridized carbons (Fsp3) is 0.579. The molecular formula is C19H17ClN2O3. The van der Waals surface area contributed by atoms with Crippen molar-refractivity contribution in [1.29, 1.82) is 0 Å². The first-order chi connectivity index (χ1) is 12.1. The van der Waals surface area contributed by atoms with Crippen molar-refractivity contribution >= 4 is 23.6 Å². The van der Waals surface area contributed by atoms with Crippen LogP contribution in [0.5, 0.6) is 0 Å².